The van der Waals surface area contributed by atoms with Crippen LogP contribution in [0.15, 0.2) is 0 Å². The zero-order chi connectivity index (χ0) is 10.7. The molecule has 15 heavy (non-hydrogen) atoms. The third-order valence-electron chi connectivity index (χ3n) is 2.89. The van der Waals surface area contributed by atoms with Crippen LogP contribution in [0.2, 0.25) is 0 Å². The zero-order valence-electron chi connectivity index (χ0n) is 8.65. The summed E-state index contributed by atoms with van der Waals surface area (Å²) in [7, 11) is 0. The minimum atomic E-state index is -0.204. The number of halogens is 1. The Labute approximate surface area is 98.0 Å². The number of hydrogen-bond donors (Lipinski definition) is 0. The van der Waals surface area contributed by atoms with Gasteiger partial charge in [0.15, 0.2) is 0 Å². The Bertz CT molecular complexity index is 231. The second-order valence-electron chi connectivity index (χ2n) is 3.92. The fourth-order valence-corrected chi connectivity index (χ4v) is 2.57. The van der Waals surface area contributed by atoms with Crippen LogP contribution in [-0.2, 0) is 14.3 Å². The molecule has 2 aliphatic rings. The number of carbonyl (C=O) groups excluding carboxylic acids is 1. The van der Waals surface area contributed by atoms with Gasteiger partial charge in [0.1, 0.15) is 6.10 Å². The molecule has 0 aliphatic carbocycles. The van der Waals surface area contributed by atoms with Crippen LogP contribution in [0.1, 0.15) is 12.8 Å². The van der Waals surface area contributed by atoms with E-state index in [1.807, 2.05) is 4.90 Å². The molecule has 0 N–H and O–H groups in total. The van der Waals surface area contributed by atoms with Crippen molar-refractivity contribution in [1.29, 1.82) is 0 Å². The Morgan fingerprint density at radius 1 is 1.47 bits per heavy atom. The Balaban J connectivity index is 1.96. The summed E-state index contributed by atoms with van der Waals surface area (Å²) in [4.78, 5) is 14.0. The first-order chi connectivity index (χ1) is 7.33. The number of ether oxygens (including phenoxy) is 2. The van der Waals surface area contributed by atoms with Gasteiger partial charge in [-0.25, -0.2) is 0 Å². The Kier molecular flexibility index (Phi) is 3.99. The molecule has 0 aromatic heterocycles. The van der Waals surface area contributed by atoms with Crippen LogP contribution >= 0.6 is 15.9 Å². The van der Waals surface area contributed by atoms with Gasteiger partial charge in [0.25, 0.3) is 5.91 Å². The van der Waals surface area contributed by atoms with E-state index in [-0.39, 0.29) is 18.1 Å². The molecule has 0 aromatic rings. The lowest BCUT2D eigenvalue weighted by Crippen LogP contribution is -2.52. The van der Waals surface area contributed by atoms with Crippen molar-refractivity contribution in [2.24, 2.45) is 0 Å². The van der Waals surface area contributed by atoms with Gasteiger partial charge >= 0.3 is 0 Å². The second-order valence-corrected chi connectivity index (χ2v) is 4.56. The summed E-state index contributed by atoms with van der Waals surface area (Å²) in [5.74, 6) is 0.139. The molecule has 2 atom stereocenters. The molecule has 0 radical (unpaired) electrons. The number of morpholine rings is 1. The minimum Gasteiger partial charge on any atom is -0.377 e. The quantitative estimate of drug-likeness (QED) is 0.701. The van der Waals surface area contributed by atoms with Crippen LogP contribution in [0.3, 0.4) is 0 Å². The highest BCUT2D eigenvalue weighted by molar-refractivity contribution is 9.09. The predicted molar refractivity (Wildman–Crippen MR) is 59.1 cm³/mol. The van der Waals surface area contributed by atoms with Gasteiger partial charge in [-0.3, -0.25) is 4.79 Å². The van der Waals surface area contributed by atoms with E-state index < -0.39 is 0 Å². The molecule has 0 aromatic carbocycles. The van der Waals surface area contributed by atoms with Crippen molar-refractivity contribution in [3.8, 4) is 0 Å². The minimum absolute atomic E-state index is 0.139. The molecular weight excluding hydrogens is 262 g/mol. The normalized spacial score (nSPS) is 31.9. The van der Waals surface area contributed by atoms with Crippen LogP contribution in [0, 0.1) is 0 Å². The maximum absolute atomic E-state index is 12.1. The Morgan fingerprint density at radius 3 is 3.00 bits per heavy atom. The molecule has 0 bridgehead atoms. The van der Waals surface area contributed by atoms with Gasteiger partial charge in [-0.15, -0.1) is 0 Å². The second kappa shape index (κ2) is 5.27. The number of hydrogen-bond acceptors (Lipinski definition) is 3. The summed E-state index contributed by atoms with van der Waals surface area (Å²) in [6, 6.07) is 0.162. The molecule has 2 heterocycles. The maximum atomic E-state index is 12.1. The molecule has 0 saturated carbocycles. The molecule has 86 valence electrons. The molecule has 2 unspecified atom stereocenters. The molecule has 2 saturated heterocycles. The van der Waals surface area contributed by atoms with E-state index in [4.69, 9.17) is 9.47 Å². The smallest absolute Gasteiger partial charge is 0.252 e. The summed E-state index contributed by atoms with van der Waals surface area (Å²) in [5, 5.41) is 0.769. The number of alkyl halides is 1. The third-order valence-corrected chi connectivity index (χ3v) is 3.64. The van der Waals surface area contributed by atoms with Crippen molar-refractivity contribution in [2.75, 3.05) is 31.7 Å². The van der Waals surface area contributed by atoms with E-state index in [0.717, 1.165) is 24.8 Å². The summed E-state index contributed by atoms with van der Waals surface area (Å²) < 4.78 is 10.8. The fraction of sp³-hybridized carbons (Fsp3) is 0.900. The number of rotatable bonds is 2. The van der Waals surface area contributed by atoms with Gasteiger partial charge in [-0.05, 0) is 12.8 Å². The van der Waals surface area contributed by atoms with Crippen molar-refractivity contribution < 1.29 is 14.3 Å². The van der Waals surface area contributed by atoms with Crippen LogP contribution in [0.5, 0.6) is 0 Å². The lowest BCUT2D eigenvalue weighted by Gasteiger charge is -2.35. The van der Waals surface area contributed by atoms with E-state index in [2.05, 4.69) is 15.9 Å². The highest BCUT2D eigenvalue weighted by Gasteiger charge is 2.33. The fourth-order valence-electron chi connectivity index (χ4n) is 2.03. The van der Waals surface area contributed by atoms with E-state index >= 15 is 0 Å². The molecule has 2 aliphatic heterocycles. The van der Waals surface area contributed by atoms with Gasteiger partial charge in [-0.1, -0.05) is 15.9 Å². The largest absolute Gasteiger partial charge is 0.377 e. The maximum Gasteiger partial charge on any atom is 0.252 e. The van der Waals surface area contributed by atoms with Crippen molar-refractivity contribution in [3.05, 3.63) is 0 Å². The van der Waals surface area contributed by atoms with Gasteiger partial charge < -0.3 is 14.4 Å². The average Bonchev–Trinajstić information content (AvgIpc) is 2.81. The van der Waals surface area contributed by atoms with E-state index in [1.54, 1.807) is 0 Å². The standard InChI is InChI=1S/C10H16BrNO3/c11-6-8-7-14-5-3-12(8)10(13)9-2-1-4-15-9/h8-9H,1-7H2. The highest BCUT2D eigenvalue weighted by atomic mass is 79.9. The molecule has 0 spiro atoms. The van der Waals surface area contributed by atoms with Crippen LogP contribution in [0.25, 0.3) is 0 Å². The van der Waals surface area contributed by atoms with Gasteiger partial charge in [-0.2, -0.15) is 0 Å². The van der Waals surface area contributed by atoms with Gasteiger partial charge in [0.05, 0.1) is 19.3 Å². The van der Waals surface area contributed by atoms with E-state index in [9.17, 15) is 4.79 Å². The monoisotopic (exact) mass is 277 g/mol. The Hall–Kier alpha value is -0.130. The summed E-state index contributed by atoms with van der Waals surface area (Å²) in [6.45, 7) is 2.68. The molecular formula is C10H16BrNO3. The summed E-state index contributed by atoms with van der Waals surface area (Å²) in [6.07, 6.45) is 1.66. The third kappa shape index (κ3) is 2.52. The first-order valence-electron chi connectivity index (χ1n) is 5.38. The molecule has 2 rings (SSSR count). The van der Waals surface area contributed by atoms with Crippen LogP contribution in [0.4, 0.5) is 0 Å². The SMILES string of the molecule is O=C(C1CCCO1)N1CCOCC1CBr. The van der Waals surface area contributed by atoms with E-state index in [0.29, 0.717) is 19.8 Å². The van der Waals surface area contributed by atoms with Crippen molar-refractivity contribution in [3.63, 3.8) is 0 Å². The number of carbonyl (C=O) groups is 1. The molecule has 1 amide bonds. The molecule has 5 heteroatoms. The van der Waals surface area contributed by atoms with E-state index in [1.165, 1.54) is 0 Å². The molecule has 4 nitrogen and oxygen atoms in total. The van der Waals surface area contributed by atoms with Crippen molar-refractivity contribution in [2.45, 2.75) is 25.0 Å². The lowest BCUT2D eigenvalue weighted by molar-refractivity contribution is -0.148. The van der Waals surface area contributed by atoms with Gasteiger partial charge in [0, 0.05) is 18.5 Å². The van der Waals surface area contributed by atoms with Crippen molar-refractivity contribution >= 4 is 21.8 Å². The first-order valence-corrected chi connectivity index (χ1v) is 6.51. The van der Waals surface area contributed by atoms with Crippen molar-refractivity contribution in [1.82, 2.24) is 4.90 Å². The van der Waals surface area contributed by atoms with Crippen LogP contribution in [-0.4, -0.2) is 54.6 Å². The first kappa shape index (κ1) is 11.4. The topological polar surface area (TPSA) is 38.8 Å². The molecule has 2 fully saturated rings. The van der Waals surface area contributed by atoms with Crippen LogP contribution < -0.4 is 0 Å². The number of nitrogens with zero attached hydrogens (tertiary/aromatic N) is 1. The summed E-state index contributed by atoms with van der Waals surface area (Å²) in [5.41, 5.74) is 0. The zero-order valence-corrected chi connectivity index (χ0v) is 10.2. The number of amides is 1. The highest BCUT2D eigenvalue weighted by Crippen LogP contribution is 2.18. The predicted octanol–water partition coefficient (Wildman–Crippen LogP) is 0.788. The average molecular weight is 278 g/mol. The summed E-state index contributed by atoms with van der Waals surface area (Å²) >= 11 is 3.41. The lowest BCUT2D eigenvalue weighted by atomic mass is 10.1. The Morgan fingerprint density at radius 2 is 2.33 bits per heavy atom. The van der Waals surface area contributed by atoms with Gasteiger partial charge in [0.2, 0.25) is 0 Å².